The number of carbonyl (C=O) groups excluding carboxylic acids is 1. The quantitative estimate of drug-likeness (QED) is 0.808. The average Bonchev–Trinajstić information content (AvgIpc) is 2.60. The first-order chi connectivity index (χ1) is 12.0. The van der Waals surface area contributed by atoms with Crippen molar-refractivity contribution in [2.45, 2.75) is 0 Å². The molecule has 8 heteroatoms. The molecule has 6 nitrogen and oxygen atoms in total. The highest BCUT2D eigenvalue weighted by Gasteiger charge is 2.15. The van der Waals surface area contributed by atoms with E-state index in [2.05, 4.69) is 5.32 Å². The number of hydrogen-bond acceptors (Lipinski definition) is 5. The first-order valence-corrected chi connectivity index (χ1v) is 7.54. The lowest BCUT2D eigenvalue weighted by atomic mass is 10.2. The first kappa shape index (κ1) is 18.7. The zero-order valence-electron chi connectivity index (χ0n) is 13.9. The van der Waals surface area contributed by atoms with E-state index >= 15 is 0 Å². The monoisotopic (exact) mass is 369 g/mol. The van der Waals surface area contributed by atoms with Gasteiger partial charge in [-0.25, -0.2) is 4.39 Å². The van der Waals surface area contributed by atoms with Crippen molar-refractivity contribution >= 4 is 23.2 Å². The maximum Gasteiger partial charge on any atom is 0.262 e. The highest BCUT2D eigenvalue weighted by molar-refractivity contribution is 6.32. The summed E-state index contributed by atoms with van der Waals surface area (Å²) in [5.74, 6) is 0.508. The molecule has 1 amide bonds. The number of carbonyl (C=O) groups is 1. The molecule has 0 heterocycles. The van der Waals surface area contributed by atoms with Gasteiger partial charge in [0.05, 0.1) is 26.4 Å². The van der Waals surface area contributed by atoms with E-state index in [0.717, 1.165) is 6.07 Å². The van der Waals surface area contributed by atoms with E-state index in [9.17, 15) is 9.18 Å². The summed E-state index contributed by atoms with van der Waals surface area (Å²) in [7, 11) is 4.43. The number of halogens is 2. The van der Waals surface area contributed by atoms with Crippen molar-refractivity contribution in [3.63, 3.8) is 0 Å². The normalized spacial score (nSPS) is 10.1. The molecule has 134 valence electrons. The van der Waals surface area contributed by atoms with Crippen LogP contribution in [0.1, 0.15) is 0 Å². The second kappa shape index (κ2) is 8.43. The molecule has 0 saturated heterocycles. The van der Waals surface area contributed by atoms with Crippen molar-refractivity contribution in [1.29, 1.82) is 0 Å². The summed E-state index contributed by atoms with van der Waals surface area (Å²) in [6.07, 6.45) is 0. The third-order valence-corrected chi connectivity index (χ3v) is 3.50. The average molecular weight is 370 g/mol. The fourth-order valence-corrected chi connectivity index (χ4v) is 2.31. The summed E-state index contributed by atoms with van der Waals surface area (Å²) >= 11 is 5.84. The lowest BCUT2D eigenvalue weighted by Gasteiger charge is -2.15. The standard InChI is InChI=1S/C17H17ClFNO5/c1-22-14-7-11(8-15(23-2)17(14)24-3)20-16(21)9-25-13-5-4-10(19)6-12(13)18/h4-8H,9H2,1-3H3,(H,20,21). The predicted molar refractivity (Wildman–Crippen MR) is 91.6 cm³/mol. The molecule has 0 bridgehead atoms. The van der Waals surface area contributed by atoms with Crippen LogP contribution in [0.4, 0.5) is 10.1 Å². The number of amides is 1. The minimum absolute atomic E-state index is 0.0839. The highest BCUT2D eigenvalue weighted by atomic mass is 35.5. The van der Waals surface area contributed by atoms with Gasteiger partial charge in [0.2, 0.25) is 5.75 Å². The van der Waals surface area contributed by atoms with Crippen molar-refractivity contribution < 1.29 is 28.1 Å². The Morgan fingerprint density at radius 1 is 1.04 bits per heavy atom. The molecular formula is C17H17ClFNO5. The molecule has 0 aliphatic carbocycles. The van der Waals surface area contributed by atoms with Crippen LogP contribution < -0.4 is 24.3 Å². The van der Waals surface area contributed by atoms with Crippen LogP contribution in [0.3, 0.4) is 0 Å². The summed E-state index contributed by atoms with van der Waals surface area (Å²) in [4.78, 5) is 12.1. The van der Waals surface area contributed by atoms with Gasteiger partial charge in [-0.1, -0.05) is 11.6 Å². The lowest BCUT2D eigenvalue weighted by molar-refractivity contribution is -0.118. The fraction of sp³-hybridized carbons (Fsp3) is 0.235. The Kier molecular flexibility index (Phi) is 6.30. The molecule has 1 N–H and O–H groups in total. The van der Waals surface area contributed by atoms with Gasteiger partial charge in [0, 0.05) is 17.8 Å². The van der Waals surface area contributed by atoms with E-state index in [1.807, 2.05) is 0 Å². The number of rotatable bonds is 7. The molecule has 0 radical (unpaired) electrons. The summed E-state index contributed by atoms with van der Waals surface area (Å²) < 4.78 is 33.9. The summed E-state index contributed by atoms with van der Waals surface area (Å²) in [5, 5.41) is 2.73. The first-order valence-electron chi connectivity index (χ1n) is 7.16. The topological polar surface area (TPSA) is 66.0 Å². The molecule has 0 spiro atoms. The van der Waals surface area contributed by atoms with Gasteiger partial charge in [0.15, 0.2) is 18.1 Å². The van der Waals surface area contributed by atoms with Crippen LogP contribution in [-0.2, 0) is 4.79 Å². The third kappa shape index (κ3) is 4.67. The zero-order chi connectivity index (χ0) is 18.4. The maximum absolute atomic E-state index is 13.0. The maximum atomic E-state index is 13.0. The summed E-state index contributed by atoms with van der Waals surface area (Å²) in [5.41, 5.74) is 0.438. The molecule has 0 aromatic heterocycles. The third-order valence-electron chi connectivity index (χ3n) is 3.20. The van der Waals surface area contributed by atoms with Crippen molar-refractivity contribution in [2.75, 3.05) is 33.3 Å². The molecule has 0 fully saturated rings. The van der Waals surface area contributed by atoms with Gasteiger partial charge in [-0.05, 0) is 18.2 Å². The van der Waals surface area contributed by atoms with E-state index in [1.54, 1.807) is 12.1 Å². The predicted octanol–water partition coefficient (Wildman–Crippen LogP) is 3.52. The number of ether oxygens (including phenoxy) is 4. The van der Waals surface area contributed by atoms with Crippen LogP contribution in [-0.4, -0.2) is 33.8 Å². The highest BCUT2D eigenvalue weighted by Crippen LogP contribution is 2.39. The molecule has 0 saturated carbocycles. The van der Waals surface area contributed by atoms with Gasteiger partial charge in [-0.2, -0.15) is 0 Å². The molecule has 0 aliphatic rings. The zero-order valence-corrected chi connectivity index (χ0v) is 14.6. The molecule has 0 atom stereocenters. The van der Waals surface area contributed by atoms with Crippen molar-refractivity contribution in [1.82, 2.24) is 0 Å². The van der Waals surface area contributed by atoms with Crippen LogP contribution in [0.5, 0.6) is 23.0 Å². The largest absolute Gasteiger partial charge is 0.493 e. The number of hydrogen-bond donors (Lipinski definition) is 1. The van der Waals surface area contributed by atoms with Gasteiger partial charge in [-0.15, -0.1) is 0 Å². The molecule has 25 heavy (non-hydrogen) atoms. The van der Waals surface area contributed by atoms with Crippen LogP contribution >= 0.6 is 11.6 Å². The molecule has 2 rings (SSSR count). The minimum atomic E-state index is -0.487. The Labute approximate surface area is 149 Å². The molecule has 2 aromatic rings. The second-order valence-corrected chi connectivity index (χ2v) is 5.23. The smallest absolute Gasteiger partial charge is 0.262 e. The molecule has 0 unspecified atom stereocenters. The van der Waals surface area contributed by atoms with Crippen molar-refractivity contribution in [3.8, 4) is 23.0 Å². The Morgan fingerprint density at radius 2 is 1.68 bits per heavy atom. The number of methoxy groups -OCH3 is 3. The summed E-state index contributed by atoms with van der Waals surface area (Å²) in [6, 6.07) is 6.82. The Hall–Kier alpha value is -2.67. The van der Waals surface area contributed by atoms with E-state index in [0.29, 0.717) is 22.9 Å². The van der Waals surface area contributed by atoms with Crippen LogP contribution in [0.15, 0.2) is 30.3 Å². The Morgan fingerprint density at radius 3 is 2.20 bits per heavy atom. The van der Waals surface area contributed by atoms with Crippen LogP contribution in [0, 0.1) is 5.82 Å². The van der Waals surface area contributed by atoms with Gasteiger partial charge >= 0.3 is 0 Å². The number of nitrogens with one attached hydrogen (secondary N) is 1. The van der Waals surface area contributed by atoms with E-state index < -0.39 is 11.7 Å². The molecule has 2 aromatic carbocycles. The van der Waals surface area contributed by atoms with Gasteiger partial charge < -0.3 is 24.3 Å². The summed E-state index contributed by atoms with van der Waals surface area (Å²) in [6.45, 7) is -0.304. The fourth-order valence-electron chi connectivity index (χ4n) is 2.09. The van der Waals surface area contributed by atoms with Gasteiger partial charge in [0.1, 0.15) is 11.6 Å². The second-order valence-electron chi connectivity index (χ2n) is 4.83. The Bertz CT molecular complexity index is 744. The molecule has 0 aliphatic heterocycles. The molecular weight excluding hydrogens is 353 g/mol. The SMILES string of the molecule is COc1cc(NC(=O)COc2ccc(F)cc2Cl)cc(OC)c1OC. The van der Waals surface area contributed by atoms with Gasteiger partial charge in [0.25, 0.3) is 5.91 Å². The van der Waals surface area contributed by atoms with Crippen LogP contribution in [0.25, 0.3) is 0 Å². The van der Waals surface area contributed by atoms with E-state index in [-0.39, 0.29) is 17.4 Å². The van der Waals surface area contributed by atoms with Crippen molar-refractivity contribution in [2.24, 2.45) is 0 Å². The van der Waals surface area contributed by atoms with E-state index in [1.165, 1.54) is 33.5 Å². The van der Waals surface area contributed by atoms with Crippen molar-refractivity contribution in [3.05, 3.63) is 41.2 Å². The van der Waals surface area contributed by atoms with Gasteiger partial charge in [-0.3, -0.25) is 4.79 Å². The number of anilines is 1. The van der Waals surface area contributed by atoms with E-state index in [4.69, 9.17) is 30.5 Å². The Balaban J connectivity index is 2.07. The van der Waals surface area contributed by atoms with Crippen LogP contribution in [0.2, 0.25) is 5.02 Å². The minimum Gasteiger partial charge on any atom is -0.493 e. The number of benzene rings is 2. The lowest BCUT2D eigenvalue weighted by Crippen LogP contribution is -2.20.